The fraction of sp³-hybridized carbons (Fsp3) is 0.391. The van der Waals surface area contributed by atoms with E-state index in [1.54, 1.807) is 24.3 Å². The fourth-order valence-corrected chi connectivity index (χ4v) is 3.80. The second-order valence-electron chi connectivity index (χ2n) is 7.94. The second-order valence-corrected chi connectivity index (χ2v) is 7.94. The molecule has 1 heterocycles. The number of nitrogens with zero attached hydrogens (tertiary/aromatic N) is 1. The Kier molecular flexibility index (Phi) is 5.81. The van der Waals surface area contributed by atoms with Gasteiger partial charge in [-0.2, -0.15) is 0 Å². The van der Waals surface area contributed by atoms with Gasteiger partial charge in [0.25, 0.3) is 5.91 Å². The highest BCUT2D eigenvalue weighted by Gasteiger charge is 2.28. The molecule has 2 fully saturated rings. The smallest absolute Gasteiger partial charge is 0.319 e. The van der Waals surface area contributed by atoms with Crippen LogP contribution in [-0.4, -0.2) is 41.1 Å². The SMILES string of the molecule is O=C(Nc1ccc(C(=O)N2CCC(C(O)c3ccccc3)CC2)cc1)NC1CC1. The molecule has 2 aliphatic rings. The van der Waals surface area contributed by atoms with Gasteiger partial charge in [0.05, 0.1) is 6.10 Å². The van der Waals surface area contributed by atoms with Crippen LogP contribution in [0.15, 0.2) is 54.6 Å². The first kappa shape index (κ1) is 19.5. The first-order chi connectivity index (χ1) is 14.1. The summed E-state index contributed by atoms with van der Waals surface area (Å²) in [6, 6.07) is 16.8. The Morgan fingerprint density at radius 3 is 2.21 bits per heavy atom. The number of anilines is 1. The molecule has 29 heavy (non-hydrogen) atoms. The van der Waals surface area contributed by atoms with Crippen molar-refractivity contribution >= 4 is 17.6 Å². The van der Waals surface area contributed by atoms with Crippen LogP contribution < -0.4 is 10.6 Å². The predicted molar refractivity (Wildman–Crippen MR) is 112 cm³/mol. The van der Waals surface area contributed by atoms with Gasteiger partial charge in [-0.25, -0.2) is 4.79 Å². The molecule has 2 aromatic carbocycles. The average molecular weight is 393 g/mol. The Morgan fingerprint density at radius 1 is 0.931 bits per heavy atom. The van der Waals surface area contributed by atoms with E-state index in [-0.39, 0.29) is 17.9 Å². The molecule has 1 saturated heterocycles. The molecule has 1 saturated carbocycles. The maximum absolute atomic E-state index is 12.8. The van der Waals surface area contributed by atoms with Gasteiger partial charge in [0.1, 0.15) is 0 Å². The molecule has 0 aromatic heterocycles. The largest absolute Gasteiger partial charge is 0.388 e. The molecule has 6 nitrogen and oxygen atoms in total. The Labute approximate surface area is 170 Å². The number of hydrogen-bond donors (Lipinski definition) is 3. The van der Waals surface area contributed by atoms with E-state index in [1.807, 2.05) is 35.2 Å². The number of carbonyl (C=O) groups is 2. The number of piperidine rings is 1. The molecule has 6 heteroatoms. The third-order valence-corrected chi connectivity index (χ3v) is 5.72. The summed E-state index contributed by atoms with van der Waals surface area (Å²) in [5, 5.41) is 16.3. The average Bonchev–Trinajstić information content (AvgIpc) is 3.58. The molecular formula is C23H27N3O3. The minimum absolute atomic E-state index is 0.00775. The molecule has 4 rings (SSSR count). The number of aliphatic hydroxyl groups is 1. The summed E-state index contributed by atoms with van der Waals surface area (Å²) >= 11 is 0. The van der Waals surface area contributed by atoms with Crippen LogP contribution in [0.3, 0.4) is 0 Å². The predicted octanol–water partition coefficient (Wildman–Crippen LogP) is 3.56. The lowest BCUT2D eigenvalue weighted by atomic mass is 9.87. The Morgan fingerprint density at radius 2 is 1.59 bits per heavy atom. The fourth-order valence-electron chi connectivity index (χ4n) is 3.80. The molecule has 1 aliphatic heterocycles. The van der Waals surface area contributed by atoms with Gasteiger partial charge in [-0.1, -0.05) is 30.3 Å². The van der Waals surface area contributed by atoms with Gasteiger partial charge in [0, 0.05) is 30.4 Å². The standard InChI is InChI=1S/C23H27N3O3/c27-21(16-4-2-1-3-5-16)17-12-14-26(15-13-17)22(28)18-6-8-19(9-7-18)24-23(29)25-20-10-11-20/h1-9,17,20-21,27H,10-15H2,(H2,24,25,29). The minimum atomic E-state index is -0.486. The van der Waals surface area contributed by atoms with Crippen molar-refractivity contribution in [1.82, 2.24) is 10.2 Å². The lowest BCUT2D eigenvalue weighted by Crippen LogP contribution is -2.39. The van der Waals surface area contributed by atoms with Crippen molar-refractivity contribution in [3.8, 4) is 0 Å². The van der Waals surface area contributed by atoms with E-state index < -0.39 is 6.10 Å². The molecule has 1 unspecified atom stereocenters. The first-order valence-corrected chi connectivity index (χ1v) is 10.3. The number of amides is 3. The number of hydrogen-bond acceptors (Lipinski definition) is 3. The van der Waals surface area contributed by atoms with Crippen molar-refractivity contribution < 1.29 is 14.7 Å². The maximum Gasteiger partial charge on any atom is 0.319 e. The lowest BCUT2D eigenvalue weighted by molar-refractivity contribution is 0.0462. The van der Waals surface area contributed by atoms with Crippen molar-refractivity contribution in [2.24, 2.45) is 5.92 Å². The number of carbonyl (C=O) groups excluding carboxylic acids is 2. The summed E-state index contributed by atoms with van der Waals surface area (Å²) in [5.74, 6) is 0.157. The molecule has 3 N–H and O–H groups in total. The topological polar surface area (TPSA) is 81.7 Å². The number of nitrogens with one attached hydrogen (secondary N) is 2. The van der Waals surface area contributed by atoms with E-state index in [2.05, 4.69) is 10.6 Å². The minimum Gasteiger partial charge on any atom is -0.388 e. The van der Waals surface area contributed by atoms with Crippen LogP contribution in [0.2, 0.25) is 0 Å². The molecule has 152 valence electrons. The zero-order valence-corrected chi connectivity index (χ0v) is 16.4. The van der Waals surface area contributed by atoms with E-state index in [4.69, 9.17) is 0 Å². The Bertz CT molecular complexity index is 841. The van der Waals surface area contributed by atoms with Crippen molar-refractivity contribution in [3.63, 3.8) is 0 Å². The molecule has 0 bridgehead atoms. The summed E-state index contributed by atoms with van der Waals surface area (Å²) < 4.78 is 0. The summed E-state index contributed by atoms with van der Waals surface area (Å²) in [6.45, 7) is 1.27. The van der Waals surface area contributed by atoms with Gasteiger partial charge in [-0.3, -0.25) is 4.79 Å². The zero-order chi connectivity index (χ0) is 20.2. The molecular weight excluding hydrogens is 366 g/mol. The normalized spacial score (nSPS) is 18.2. The molecule has 1 atom stereocenters. The van der Waals surface area contributed by atoms with E-state index >= 15 is 0 Å². The van der Waals surface area contributed by atoms with Crippen molar-refractivity contribution in [2.45, 2.75) is 37.8 Å². The van der Waals surface area contributed by atoms with E-state index in [0.717, 1.165) is 31.2 Å². The third-order valence-electron chi connectivity index (χ3n) is 5.72. The number of urea groups is 1. The molecule has 0 spiro atoms. The number of benzene rings is 2. The van der Waals surface area contributed by atoms with Crippen LogP contribution >= 0.6 is 0 Å². The highest BCUT2D eigenvalue weighted by atomic mass is 16.3. The van der Waals surface area contributed by atoms with Crippen molar-refractivity contribution in [2.75, 3.05) is 18.4 Å². The van der Waals surface area contributed by atoms with E-state index in [1.165, 1.54) is 0 Å². The summed E-state index contributed by atoms with van der Waals surface area (Å²) in [6.07, 6.45) is 3.16. The van der Waals surface area contributed by atoms with Gasteiger partial charge < -0.3 is 20.6 Å². The molecule has 0 radical (unpaired) electrons. The molecule has 1 aliphatic carbocycles. The van der Waals surface area contributed by atoms with E-state index in [0.29, 0.717) is 30.4 Å². The second kappa shape index (κ2) is 8.66. The quantitative estimate of drug-likeness (QED) is 0.727. The highest BCUT2D eigenvalue weighted by molar-refractivity contribution is 5.95. The zero-order valence-electron chi connectivity index (χ0n) is 16.4. The van der Waals surface area contributed by atoms with E-state index in [9.17, 15) is 14.7 Å². The number of aliphatic hydroxyl groups excluding tert-OH is 1. The van der Waals surface area contributed by atoms with Crippen LogP contribution in [0, 0.1) is 5.92 Å². The maximum atomic E-state index is 12.8. The van der Waals surface area contributed by atoms with Gasteiger partial charge in [-0.05, 0) is 61.4 Å². The first-order valence-electron chi connectivity index (χ1n) is 10.3. The van der Waals surface area contributed by atoms with Crippen LogP contribution in [-0.2, 0) is 0 Å². The monoisotopic (exact) mass is 393 g/mol. The van der Waals surface area contributed by atoms with Gasteiger partial charge in [-0.15, -0.1) is 0 Å². The molecule has 3 amide bonds. The summed E-state index contributed by atoms with van der Waals surface area (Å²) in [7, 11) is 0. The lowest BCUT2D eigenvalue weighted by Gasteiger charge is -2.34. The highest BCUT2D eigenvalue weighted by Crippen LogP contribution is 2.31. The van der Waals surface area contributed by atoms with Crippen molar-refractivity contribution in [3.05, 3.63) is 65.7 Å². The Hall–Kier alpha value is -2.86. The van der Waals surface area contributed by atoms with Gasteiger partial charge >= 0.3 is 6.03 Å². The molecule has 2 aromatic rings. The van der Waals surface area contributed by atoms with Crippen LogP contribution in [0.1, 0.15) is 47.7 Å². The van der Waals surface area contributed by atoms with Crippen molar-refractivity contribution in [1.29, 1.82) is 0 Å². The summed E-state index contributed by atoms with van der Waals surface area (Å²) in [4.78, 5) is 26.4. The summed E-state index contributed by atoms with van der Waals surface area (Å²) in [5.41, 5.74) is 2.22. The Balaban J connectivity index is 1.29. The number of rotatable bonds is 5. The third kappa shape index (κ3) is 4.95. The van der Waals surface area contributed by atoms with Gasteiger partial charge in [0.2, 0.25) is 0 Å². The van der Waals surface area contributed by atoms with Crippen LogP contribution in [0.5, 0.6) is 0 Å². The van der Waals surface area contributed by atoms with Crippen LogP contribution in [0.4, 0.5) is 10.5 Å². The van der Waals surface area contributed by atoms with Gasteiger partial charge in [0.15, 0.2) is 0 Å². The van der Waals surface area contributed by atoms with Crippen LogP contribution in [0.25, 0.3) is 0 Å². The number of likely N-dealkylation sites (tertiary alicyclic amines) is 1.